The van der Waals surface area contributed by atoms with Gasteiger partial charge in [-0.1, -0.05) is 5.16 Å². The van der Waals surface area contributed by atoms with Crippen LogP contribution in [-0.4, -0.2) is 36.2 Å². The smallest absolute Gasteiger partial charge is 0.190 e. The zero-order valence-corrected chi connectivity index (χ0v) is 14.4. The van der Waals surface area contributed by atoms with Gasteiger partial charge >= 0.3 is 0 Å². The van der Waals surface area contributed by atoms with Crippen LogP contribution in [0.15, 0.2) is 14.9 Å². The minimum atomic E-state index is 0.790. The molecule has 2 rings (SSSR count). The average Bonchev–Trinajstić information content (AvgIpc) is 3.05. The maximum atomic E-state index is 5.17. The predicted molar refractivity (Wildman–Crippen MR) is 89.6 cm³/mol. The third-order valence-electron chi connectivity index (χ3n) is 3.41. The molecule has 0 saturated heterocycles. The second kappa shape index (κ2) is 7.93. The van der Waals surface area contributed by atoms with Crippen molar-refractivity contribution < 1.29 is 4.52 Å². The summed E-state index contributed by atoms with van der Waals surface area (Å²) in [6.45, 7) is 7.54. The minimum absolute atomic E-state index is 0.790. The number of aryl methyl sites for hydroxylation is 3. The summed E-state index contributed by atoms with van der Waals surface area (Å²) < 4.78 is 5.17. The number of nitrogens with one attached hydrogen (secondary N) is 2. The first-order chi connectivity index (χ1) is 10.6. The van der Waals surface area contributed by atoms with Gasteiger partial charge in [0.1, 0.15) is 5.76 Å². The Bertz CT molecular complexity index is 612. The fraction of sp³-hybridized carbons (Fsp3) is 0.533. The summed E-state index contributed by atoms with van der Waals surface area (Å²) >= 11 is 1.68. The van der Waals surface area contributed by atoms with Crippen molar-refractivity contribution in [2.45, 2.75) is 33.6 Å². The van der Waals surface area contributed by atoms with E-state index in [4.69, 9.17) is 4.52 Å². The lowest BCUT2D eigenvalue weighted by molar-refractivity contribution is 0.392. The van der Waals surface area contributed by atoms with Crippen molar-refractivity contribution in [3.8, 4) is 0 Å². The average molecular weight is 321 g/mol. The summed E-state index contributed by atoms with van der Waals surface area (Å²) in [6.07, 6.45) is 1.77. The lowest BCUT2D eigenvalue weighted by Crippen LogP contribution is -2.39. The Balaban J connectivity index is 1.71. The van der Waals surface area contributed by atoms with Crippen LogP contribution in [0.5, 0.6) is 0 Å². The molecule has 7 heteroatoms. The van der Waals surface area contributed by atoms with Gasteiger partial charge in [0, 0.05) is 37.5 Å². The number of aromatic nitrogens is 2. The molecule has 0 saturated carbocycles. The summed E-state index contributed by atoms with van der Waals surface area (Å²) in [5.41, 5.74) is 3.25. The Kier molecular flexibility index (Phi) is 5.94. The van der Waals surface area contributed by atoms with Crippen molar-refractivity contribution in [1.29, 1.82) is 0 Å². The molecule has 0 radical (unpaired) electrons. The third kappa shape index (κ3) is 4.56. The zero-order valence-electron chi connectivity index (χ0n) is 13.6. The second-order valence-electron chi connectivity index (χ2n) is 5.09. The number of guanidine groups is 1. The highest BCUT2D eigenvalue weighted by molar-refractivity contribution is 7.09. The van der Waals surface area contributed by atoms with E-state index < -0.39 is 0 Å². The molecule has 0 spiro atoms. The molecular weight excluding hydrogens is 298 g/mol. The van der Waals surface area contributed by atoms with Crippen LogP contribution in [0, 0.1) is 20.8 Å². The Labute approximate surface area is 135 Å². The van der Waals surface area contributed by atoms with E-state index in [2.05, 4.69) is 31.1 Å². The first kappa shape index (κ1) is 16.5. The molecule has 0 aliphatic heterocycles. The van der Waals surface area contributed by atoms with E-state index in [9.17, 15) is 0 Å². The lowest BCUT2D eigenvalue weighted by atomic mass is 10.1. The van der Waals surface area contributed by atoms with Crippen LogP contribution in [0.4, 0.5) is 0 Å². The summed E-state index contributed by atoms with van der Waals surface area (Å²) in [4.78, 5) is 8.68. The molecule has 0 bridgehead atoms. The fourth-order valence-electron chi connectivity index (χ4n) is 2.22. The number of hydrogen-bond acceptors (Lipinski definition) is 5. The Morgan fingerprint density at radius 3 is 2.50 bits per heavy atom. The van der Waals surface area contributed by atoms with E-state index in [-0.39, 0.29) is 0 Å². The summed E-state index contributed by atoms with van der Waals surface area (Å²) in [5.74, 6) is 1.69. The molecule has 2 aromatic rings. The van der Waals surface area contributed by atoms with Gasteiger partial charge in [0.05, 0.1) is 16.4 Å². The minimum Gasteiger partial charge on any atom is -0.361 e. The summed E-state index contributed by atoms with van der Waals surface area (Å²) in [7, 11) is 1.78. The van der Waals surface area contributed by atoms with E-state index in [1.165, 1.54) is 5.56 Å². The van der Waals surface area contributed by atoms with Crippen LogP contribution in [0.3, 0.4) is 0 Å². The first-order valence-electron chi connectivity index (χ1n) is 7.37. The SMILES string of the molecule is CN=C(NCCc1csc(C)n1)NCCc1c(C)noc1C. The number of thiazole rings is 1. The first-order valence-corrected chi connectivity index (χ1v) is 8.25. The van der Waals surface area contributed by atoms with Gasteiger partial charge in [-0.3, -0.25) is 4.99 Å². The van der Waals surface area contributed by atoms with Gasteiger partial charge < -0.3 is 15.2 Å². The Hall–Kier alpha value is -1.89. The third-order valence-corrected chi connectivity index (χ3v) is 4.23. The maximum absolute atomic E-state index is 5.17. The van der Waals surface area contributed by atoms with E-state index in [1.807, 2.05) is 20.8 Å². The fourth-order valence-corrected chi connectivity index (χ4v) is 2.86. The van der Waals surface area contributed by atoms with Crippen LogP contribution in [0.2, 0.25) is 0 Å². The van der Waals surface area contributed by atoms with Gasteiger partial charge in [-0.05, 0) is 27.2 Å². The molecule has 0 amide bonds. The molecule has 2 N–H and O–H groups in total. The highest BCUT2D eigenvalue weighted by Gasteiger charge is 2.08. The van der Waals surface area contributed by atoms with E-state index in [0.717, 1.165) is 54.0 Å². The van der Waals surface area contributed by atoms with Crippen molar-refractivity contribution in [2.75, 3.05) is 20.1 Å². The van der Waals surface area contributed by atoms with Crippen LogP contribution < -0.4 is 10.6 Å². The van der Waals surface area contributed by atoms with Gasteiger partial charge in [0.25, 0.3) is 0 Å². The molecule has 0 aromatic carbocycles. The normalized spacial score (nSPS) is 11.7. The summed E-state index contributed by atoms with van der Waals surface area (Å²) in [5, 5.41) is 13.8. The van der Waals surface area contributed by atoms with Crippen molar-refractivity contribution in [1.82, 2.24) is 20.8 Å². The molecule has 0 fully saturated rings. The highest BCUT2D eigenvalue weighted by Crippen LogP contribution is 2.12. The largest absolute Gasteiger partial charge is 0.361 e. The predicted octanol–water partition coefficient (Wildman–Crippen LogP) is 2.01. The standard InChI is InChI=1S/C15H23N5OS/c1-10-14(11(2)21-20-10)6-8-18-15(16-4)17-7-5-13-9-22-12(3)19-13/h9H,5-8H2,1-4H3,(H2,16,17,18). The van der Waals surface area contributed by atoms with Crippen LogP contribution in [-0.2, 0) is 12.8 Å². The van der Waals surface area contributed by atoms with E-state index >= 15 is 0 Å². The van der Waals surface area contributed by atoms with E-state index in [1.54, 1.807) is 18.4 Å². The molecule has 0 aliphatic carbocycles. The number of nitrogens with zero attached hydrogens (tertiary/aromatic N) is 3. The van der Waals surface area contributed by atoms with Gasteiger partial charge in [0.2, 0.25) is 0 Å². The number of rotatable bonds is 6. The molecule has 2 heterocycles. The quantitative estimate of drug-likeness (QED) is 0.629. The van der Waals surface area contributed by atoms with Gasteiger partial charge in [0.15, 0.2) is 5.96 Å². The van der Waals surface area contributed by atoms with Crippen molar-refractivity contribution >= 4 is 17.3 Å². The van der Waals surface area contributed by atoms with Gasteiger partial charge in [-0.2, -0.15) is 0 Å². The Morgan fingerprint density at radius 2 is 1.95 bits per heavy atom. The molecule has 22 heavy (non-hydrogen) atoms. The summed E-state index contributed by atoms with van der Waals surface area (Å²) in [6, 6.07) is 0. The molecule has 6 nitrogen and oxygen atoms in total. The van der Waals surface area contributed by atoms with Gasteiger partial charge in [-0.25, -0.2) is 4.98 Å². The van der Waals surface area contributed by atoms with Crippen LogP contribution in [0.25, 0.3) is 0 Å². The van der Waals surface area contributed by atoms with Crippen molar-refractivity contribution in [3.63, 3.8) is 0 Å². The molecule has 120 valence electrons. The van der Waals surface area contributed by atoms with Gasteiger partial charge in [-0.15, -0.1) is 11.3 Å². The molecule has 0 aliphatic rings. The number of hydrogen-bond donors (Lipinski definition) is 2. The molecule has 0 unspecified atom stereocenters. The number of aliphatic imine (C=N–C) groups is 1. The molecule has 2 aromatic heterocycles. The lowest BCUT2D eigenvalue weighted by Gasteiger charge is -2.11. The van der Waals surface area contributed by atoms with Crippen molar-refractivity contribution in [2.24, 2.45) is 4.99 Å². The van der Waals surface area contributed by atoms with Crippen LogP contribution in [0.1, 0.15) is 27.7 Å². The second-order valence-corrected chi connectivity index (χ2v) is 6.15. The monoisotopic (exact) mass is 321 g/mol. The maximum Gasteiger partial charge on any atom is 0.190 e. The van der Waals surface area contributed by atoms with Crippen molar-refractivity contribution in [3.05, 3.63) is 33.1 Å². The Morgan fingerprint density at radius 1 is 1.23 bits per heavy atom. The highest BCUT2D eigenvalue weighted by atomic mass is 32.1. The zero-order chi connectivity index (χ0) is 15.9. The topological polar surface area (TPSA) is 75.3 Å². The van der Waals surface area contributed by atoms with Crippen LogP contribution >= 0.6 is 11.3 Å². The molecule has 0 atom stereocenters. The molecular formula is C15H23N5OS. The van der Waals surface area contributed by atoms with E-state index in [0.29, 0.717) is 0 Å².